The van der Waals surface area contributed by atoms with Gasteiger partial charge in [-0.1, -0.05) is 79.4 Å². The molecule has 0 aromatic carbocycles. The summed E-state index contributed by atoms with van der Waals surface area (Å²) in [5.74, 6) is 4.25. The van der Waals surface area contributed by atoms with Crippen LogP contribution in [0, 0.1) is 29.6 Å². The summed E-state index contributed by atoms with van der Waals surface area (Å²) in [5.41, 5.74) is 0. The Morgan fingerprint density at radius 3 is 2.00 bits per heavy atom. The zero-order valence-electron chi connectivity index (χ0n) is 15.3. The average Bonchev–Trinajstić information content (AvgIpc) is 2.41. The van der Waals surface area contributed by atoms with E-state index in [1.807, 2.05) is 0 Å². The Kier molecular flexibility index (Phi) is 11.3. The van der Waals surface area contributed by atoms with E-state index in [0.717, 1.165) is 29.6 Å². The summed E-state index contributed by atoms with van der Waals surface area (Å²) in [6.45, 7) is 16.5. The van der Waals surface area contributed by atoms with E-state index in [-0.39, 0.29) is 0 Å². The fraction of sp³-hybridized carbons (Fsp3) is 0.900. The molecule has 0 spiro atoms. The lowest BCUT2D eigenvalue weighted by atomic mass is 9.77. The molecular weight excluding hydrogens is 240 g/mol. The van der Waals surface area contributed by atoms with Crippen molar-refractivity contribution in [3.05, 3.63) is 12.2 Å². The van der Waals surface area contributed by atoms with Crippen molar-refractivity contribution in [1.29, 1.82) is 0 Å². The fourth-order valence-corrected chi connectivity index (χ4v) is 3.45. The van der Waals surface area contributed by atoms with Crippen LogP contribution < -0.4 is 0 Å². The van der Waals surface area contributed by atoms with Crippen molar-refractivity contribution in [3.63, 3.8) is 0 Å². The summed E-state index contributed by atoms with van der Waals surface area (Å²) in [5, 5.41) is 0. The molecule has 0 saturated heterocycles. The van der Waals surface area contributed by atoms with Gasteiger partial charge in [0.25, 0.3) is 0 Å². The Morgan fingerprint density at radius 1 is 0.900 bits per heavy atom. The molecule has 0 aliphatic rings. The number of rotatable bonds is 11. The van der Waals surface area contributed by atoms with Crippen LogP contribution >= 0.6 is 0 Å². The Bertz CT molecular complexity index is 238. The highest BCUT2D eigenvalue weighted by atomic mass is 14.3. The Hall–Kier alpha value is -0.260. The molecule has 4 unspecified atom stereocenters. The summed E-state index contributed by atoms with van der Waals surface area (Å²) in [6, 6.07) is 0. The van der Waals surface area contributed by atoms with Crippen molar-refractivity contribution in [1.82, 2.24) is 0 Å². The molecule has 0 nitrogen and oxygen atoms in total. The molecule has 0 heteroatoms. The van der Waals surface area contributed by atoms with E-state index < -0.39 is 0 Å². The highest BCUT2D eigenvalue weighted by molar-refractivity contribution is 4.89. The van der Waals surface area contributed by atoms with Crippen molar-refractivity contribution in [3.8, 4) is 0 Å². The molecule has 20 heavy (non-hydrogen) atoms. The molecule has 0 rings (SSSR count). The maximum atomic E-state index is 2.47. The normalized spacial score (nSPS) is 18.4. The van der Waals surface area contributed by atoms with E-state index in [9.17, 15) is 0 Å². The summed E-state index contributed by atoms with van der Waals surface area (Å²) in [7, 11) is 0. The van der Waals surface area contributed by atoms with Crippen molar-refractivity contribution in [2.75, 3.05) is 0 Å². The number of hydrogen-bond acceptors (Lipinski definition) is 0. The molecule has 0 aliphatic carbocycles. The van der Waals surface area contributed by atoms with Crippen LogP contribution in [0.2, 0.25) is 0 Å². The molecule has 0 aromatic rings. The van der Waals surface area contributed by atoms with Gasteiger partial charge < -0.3 is 0 Å². The van der Waals surface area contributed by atoms with Gasteiger partial charge in [-0.05, 0) is 49.4 Å². The molecule has 0 saturated carbocycles. The van der Waals surface area contributed by atoms with Crippen molar-refractivity contribution < 1.29 is 0 Å². The first-order valence-corrected chi connectivity index (χ1v) is 9.08. The molecule has 0 N–H and O–H groups in total. The zero-order valence-corrected chi connectivity index (χ0v) is 15.3. The van der Waals surface area contributed by atoms with Crippen LogP contribution in [-0.4, -0.2) is 0 Å². The quantitative estimate of drug-likeness (QED) is 0.354. The SMILES string of the molecule is C/C=C\C(CCC)C(C)C(C)CCC(CC)CC(C)C. The summed E-state index contributed by atoms with van der Waals surface area (Å²) in [4.78, 5) is 0. The first-order chi connectivity index (χ1) is 9.46. The van der Waals surface area contributed by atoms with E-state index in [1.165, 1.54) is 38.5 Å². The van der Waals surface area contributed by atoms with Gasteiger partial charge in [0, 0.05) is 0 Å². The molecule has 0 bridgehead atoms. The van der Waals surface area contributed by atoms with Crippen LogP contribution in [-0.2, 0) is 0 Å². The van der Waals surface area contributed by atoms with Crippen LogP contribution in [0.3, 0.4) is 0 Å². The summed E-state index contributed by atoms with van der Waals surface area (Å²) < 4.78 is 0. The zero-order chi connectivity index (χ0) is 15.5. The minimum atomic E-state index is 0.783. The third-order valence-electron chi connectivity index (χ3n) is 5.05. The highest BCUT2D eigenvalue weighted by Gasteiger charge is 2.21. The smallest absolute Gasteiger partial charge is 0.0205 e. The molecule has 120 valence electrons. The first kappa shape index (κ1) is 19.7. The van der Waals surface area contributed by atoms with Gasteiger partial charge in [0.2, 0.25) is 0 Å². The number of hydrogen-bond donors (Lipinski definition) is 0. The van der Waals surface area contributed by atoms with Crippen LogP contribution in [0.1, 0.15) is 87.0 Å². The van der Waals surface area contributed by atoms with E-state index in [1.54, 1.807) is 0 Å². The van der Waals surface area contributed by atoms with Crippen molar-refractivity contribution >= 4 is 0 Å². The van der Waals surface area contributed by atoms with Crippen molar-refractivity contribution in [2.24, 2.45) is 29.6 Å². The predicted molar refractivity (Wildman–Crippen MR) is 94.0 cm³/mol. The van der Waals surface area contributed by atoms with Crippen LogP contribution in [0.5, 0.6) is 0 Å². The molecule has 0 aliphatic heterocycles. The average molecular weight is 281 g/mol. The van der Waals surface area contributed by atoms with E-state index in [2.05, 4.69) is 60.6 Å². The third-order valence-corrected chi connectivity index (χ3v) is 5.05. The lowest BCUT2D eigenvalue weighted by molar-refractivity contribution is 0.249. The second-order valence-corrected chi connectivity index (χ2v) is 7.30. The van der Waals surface area contributed by atoms with Gasteiger partial charge in [-0.3, -0.25) is 0 Å². The van der Waals surface area contributed by atoms with Gasteiger partial charge in [-0.2, -0.15) is 0 Å². The fourth-order valence-electron chi connectivity index (χ4n) is 3.45. The molecule has 0 amide bonds. The van der Waals surface area contributed by atoms with E-state index >= 15 is 0 Å². The van der Waals surface area contributed by atoms with Crippen LogP contribution in [0.25, 0.3) is 0 Å². The molecular formula is C20H40. The van der Waals surface area contributed by atoms with Crippen LogP contribution in [0.4, 0.5) is 0 Å². The molecule has 0 aromatic heterocycles. The maximum Gasteiger partial charge on any atom is -0.0205 e. The van der Waals surface area contributed by atoms with E-state index in [0.29, 0.717) is 0 Å². The highest BCUT2D eigenvalue weighted by Crippen LogP contribution is 2.31. The summed E-state index contributed by atoms with van der Waals surface area (Å²) in [6.07, 6.45) is 12.9. The predicted octanol–water partition coefficient (Wildman–Crippen LogP) is 7.10. The Labute approximate surface area is 129 Å². The van der Waals surface area contributed by atoms with Crippen molar-refractivity contribution in [2.45, 2.75) is 87.0 Å². The second-order valence-electron chi connectivity index (χ2n) is 7.30. The Balaban J connectivity index is 4.31. The van der Waals surface area contributed by atoms with Gasteiger partial charge in [-0.25, -0.2) is 0 Å². The standard InChI is InChI=1S/C20H40/c1-8-11-20(12-9-2)18(7)17(6)13-14-19(10-3)15-16(4)5/h8,11,16-20H,9-10,12-15H2,1-7H3/b11-8-. The van der Waals surface area contributed by atoms with Gasteiger partial charge in [0.15, 0.2) is 0 Å². The monoisotopic (exact) mass is 280 g/mol. The lowest BCUT2D eigenvalue weighted by Crippen LogP contribution is -2.18. The van der Waals surface area contributed by atoms with Gasteiger partial charge in [-0.15, -0.1) is 0 Å². The van der Waals surface area contributed by atoms with E-state index in [4.69, 9.17) is 0 Å². The first-order valence-electron chi connectivity index (χ1n) is 9.08. The largest absolute Gasteiger partial charge is 0.0914 e. The van der Waals surface area contributed by atoms with Gasteiger partial charge in [0.05, 0.1) is 0 Å². The third kappa shape index (κ3) is 8.12. The lowest BCUT2D eigenvalue weighted by Gasteiger charge is -2.28. The molecule has 0 heterocycles. The second kappa shape index (κ2) is 11.4. The number of allylic oxidation sites excluding steroid dienone is 2. The molecule has 0 radical (unpaired) electrons. The van der Waals surface area contributed by atoms with Crippen LogP contribution in [0.15, 0.2) is 12.2 Å². The minimum absolute atomic E-state index is 0.783. The maximum absolute atomic E-state index is 2.47. The minimum Gasteiger partial charge on any atom is -0.0914 e. The van der Waals surface area contributed by atoms with Gasteiger partial charge in [0.1, 0.15) is 0 Å². The topological polar surface area (TPSA) is 0 Å². The Morgan fingerprint density at radius 2 is 1.55 bits per heavy atom. The summed E-state index contributed by atoms with van der Waals surface area (Å²) >= 11 is 0. The molecule has 0 fully saturated rings. The molecule has 4 atom stereocenters. The van der Waals surface area contributed by atoms with Gasteiger partial charge >= 0.3 is 0 Å².